The second-order valence-electron chi connectivity index (χ2n) is 5.36. The van der Waals surface area contributed by atoms with E-state index in [-0.39, 0.29) is 11.4 Å². The van der Waals surface area contributed by atoms with Crippen LogP contribution in [0.4, 0.5) is 10.1 Å². The van der Waals surface area contributed by atoms with Gasteiger partial charge in [0.25, 0.3) is 0 Å². The van der Waals surface area contributed by atoms with Crippen molar-refractivity contribution < 1.29 is 4.39 Å². The molecule has 4 heteroatoms. The smallest absolute Gasteiger partial charge is 0.125 e. The first-order chi connectivity index (χ1) is 9.62. The number of anilines is 1. The molecule has 2 aromatic rings. The van der Waals surface area contributed by atoms with Crippen LogP contribution in [-0.4, -0.2) is 12.1 Å². The van der Waals surface area contributed by atoms with Crippen molar-refractivity contribution in [2.75, 3.05) is 11.9 Å². The number of hydrogen-bond acceptors (Lipinski definition) is 2. The normalized spacial score (nSPS) is 15.9. The first kappa shape index (κ1) is 13.4. The number of rotatable bonds is 3. The van der Waals surface area contributed by atoms with Gasteiger partial charge in [0, 0.05) is 6.54 Å². The van der Waals surface area contributed by atoms with Crippen LogP contribution in [0, 0.1) is 5.82 Å². The maximum Gasteiger partial charge on any atom is 0.125 e. The highest BCUT2D eigenvalue weighted by Gasteiger charge is 2.36. The fourth-order valence-electron chi connectivity index (χ4n) is 2.86. The topological polar surface area (TPSA) is 38.0 Å². The van der Waals surface area contributed by atoms with Gasteiger partial charge in [0.2, 0.25) is 0 Å². The van der Waals surface area contributed by atoms with Crippen LogP contribution < -0.4 is 11.1 Å². The molecule has 104 valence electrons. The van der Waals surface area contributed by atoms with Crippen LogP contribution in [0.5, 0.6) is 0 Å². The Labute approximate surface area is 122 Å². The van der Waals surface area contributed by atoms with E-state index in [2.05, 4.69) is 17.4 Å². The zero-order valence-corrected chi connectivity index (χ0v) is 11.8. The van der Waals surface area contributed by atoms with Crippen LogP contribution in [0.3, 0.4) is 0 Å². The highest BCUT2D eigenvalue weighted by Crippen LogP contribution is 2.34. The summed E-state index contributed by atoms with van der Waals surface area (Å²) in [5.41, 5.74) is 8.88. The lowest BCUT2D eigenvalue weighted by molar-refractivity contribution is 0.503. The summed E-state index contributed by atoms with van der Waals surface area (Å²) in [4.78, 5) is 0. The molecule has 0 heterocycles. The highest BCUT2D eigenvalue weighted by molar-refractivity contribution is 6.33. The average Bonchev–Trinajstić information content (AvgIpc) is 2.81. The van der Waals surface area contributed by atoms with Crippen LogP contribution in [0.1, 0.15) is 11.1 Å². The molecule has 1 aliphatic rings. The second kappa shape index (κ2) is 5.08. The molecule has 2 nitrogen and oxygen atoms in total. The van der Waals surface area contributed by atoms with Crippen molar-refractivity contribution in [2.24, 2.45) is 5.73 Å². The molecule has 0 fully saturated rings. The molecular weight excluding hydrogens is 275 g/mol. The third-order valence-corrected chi connectivity index (χ3v) is 4.22. The van der Waals surface area contributed by atoms with Gasteiger partial charge < -0.3 is 11.1 Å². The quantitative estimate of drug-likeness (QED) is 0.909. The molecule has 20 heavy (non-hydrogen) atoms. The second-order valence-corrected chi connectivity index (χ2v) is 5.76. The van der Waals surface area contributed by atoms with Gasteiger partial charge in [0.05, 0.1) is 16.2 Å². The summed E-state index contributed by atoms with van der Waals surface area (Å²) in [6.07, 6.45) is 1.65. The van der Waals surface area contributed by atoms with Gasteiger partial charge in [-0.3, -0.25) is 0 Å². The van der Waals surface area contributed by atoms with E-state index in [1.54, 1.807) is 6.07 Å². The predicted molar refractivity (Wildman–Crippen MR) is 80.7 cm³/mol. The van der Waals surface area contributed by atoms with Crippen LogP contribution in [0.2, 0.25) is 5.02 Å². The molecule has 0 bridgehead atoms. The van der Waals surface area contributed by atoms with Crippen molar-refractivity contribution in [2.45, 2.75) is 18.4 Å². The van der Waals surface area contributed by atoms with E-state index >= 15 is 0 Å². The number of halogens is 2. The molecule has 0 spiro atoms. The van der Waals surface area contributed by atoms with Gasteiger partial charge in [0.1, 0.15) is 5.82 Å². The summed E-state index contributed by atoms with van der Waals surface area (Å²) < 4.78 is 13.4. The fourth-order valence-corrected chi connectivity index (χ4v) is 3.02. The lowest BCUT2D eigenvalue weighted by atomic mass is 9.95. The zero-order valence-electron chi connectivity index (χ0n) is 11.0. The standard InChI is InChI=1S/C16H16ClFN2/c17-14-6-5-13(18)7-15(14)20-16(10-19)8-11-3-1-2-4-12(11)9-16/h1-7,20H,8-10,19H2. The van der Waals surface area contributed by atoms with E-state index in [0.29, 0.717) is 17.3 Å². The Morgan fingerprint density at radius 3 is 2.40 bits per heavy atom. The first-order valence-corrected chi connectivity index (χ1v) is 7.00. The molecule has 2 aromatic carbocycles. The molecule has 3 N–H and O–H groups in total. The van der Waals surface area contributed by atoms with Crippen molar-refractivity contribution in [3.05, 3.63) is 64.4 Å². The Hall–Kier alpha value is -1.58. The lowest BCUT2D eigenvalue weighted by Gasteiger charge is -2.30. The third-order valence-electron chi connectivity index (χ3n) is 3.90. The molecule has 0 aliphatic heterocycles. The van der Waals surface area contributed by atoms with E-state index in [1.165, 1.54) is 23.3 Å². The van der Waals surface area contributed by atoms with Crippen molar-refractivity contribution in [1.29, 1.82) is 0 Å². The molecule has 0 radical (unpaired) electrons. The molecule has 0 unspecified atom stereocenters. The summed E-state index contributed by atoms with van der Waals surface area (Å²) in [7, 11) is 0. The van der Waals surface area contributed by atoms with Crippen LogP contribution in [0.25, 0.3) is 0 Å². The SMILES string of the molecule is NCC1(Nc2cc(F)ccc2Cl)Cc2ccccc2C1. The molecule has 0 aromatic heterocycles. The summed E-state index contributed by atoms with van der Waals surface area (Å²) >= 11 is 6.13. The van der Waals surface area contributed by atoms with Crippen LogP contribution >= 0.6 is 11.6 Å². The lowest BCUT2D eigenvalue weighted by Crippen LogP contribution is -2.46. The van der Waals surface area contributed by atoms with Gasteiger partial charge in [-0.2, -0.15) is 0 Å². The van der Waals surface area contributed by atoms with Crippen molar-refractivity contribution >= 4 is 17.3 Å². The van der Waals surface area contributed by atoms with E-state index < -0.39 is 0 Å². The summed E-state index contributed by atoms with van der Waals surface area (Å²) in [5.74, 6) is -0.306. The van der Waals surface area contributed by atoms with E-state index in [1.807, 2.05) is 12.1 Å². The van der Waals surface area contributed by atoms with E-state index in [9.17, 15) is 4.39 Å². The summed E-state index contributed by atoms with van der Waals surface area (Å²) in [5, 5.41) is 3.87. The number of fused-ring (bicyclic) bond motifs is 1. The highest BCUT2D eigenvalue weighted by atomic mass is 35.5. The Morgan fingerprint density at radius 1 is 1.15 bits per heavy atom. The summed E-state index contributed by atoms with van der Waals surface area (Å²) in [6.45, 7) is 0.467. The van der Waals surface area contributed by atoms with Crippen LogP contribution in [0.15, 0.2) is 42.5 Å². The minimum Gasteiger partial charge on any atom is -0.376 e. The van der Waals surface area contributed by atoms with Gasteiger partial charge in [-0.05, 0) is 42.2 Å². The van der Waals surface area contributed by atoms with Gasteiger partial charge >= 0.3 is 0 Å². The van der Waals surface area contributed by atoms with Gasteiger partial charge in [-0.1, -0.05) is 35.9 Å². The molecular formula is C16H16ClFN2. The first-order valence-electron chi connectivity index (χ1n) is 6.62. The van der Waals surface area contributed by atoms with Gasteiger partial charge in [-0.25, -0.2) is 4.39 Å². The zero-order chi connectivity index (χ0) is 14.2. The van der Waals surface area contributed by atoms with Crippen molar-refractivity contribution in [1.82, 2.24) is 0 Å². The minimum atomic E-state index is -0.306. The minimum absolute atomic E-state index is 0.291. The molecule has 0 atom stereocenters. The number of hydrogen-bond donors (Lipinski definition) is 2. The summed E-state index contributed by atoms with van der Waals surface area (Å²) in [6, 6.07) is 12.6. The Morgan fingerprint density at radius 2 is 1.80 bits per heavy atom. The van der Waals surface area contributed by atoms with Gasteiger partial charge in [0.15, 0.2) is 0 Å². The van der Waals surface area contributed by atoms with Crippen molar-refractivity contribution in [3.63, 3.8) is 0 Å². The molecule has 1 aliphatic carbocycles. The maximum absolute atomic E-state index is 13.4. The number of benzene rings is 2. The molecule has 0 amide bonds. The molecule has 0 saturated heterocycles. The van der Waals surface area contributed by atoms with E-state index in [4.69, 9.17) is 17.3 Å². The Balaban J connectivity index is 1.91. The maximum atomic E-state index is 13.4. The number of nitrogens with two attached hydrogens (primary N) is 1. The number of nitrogens with one attached hydrogen (secondary N) is 1. The third kappa shape index (κ3) is 2.39. The van der Waals surface area contributed by atoms with Gasteiger partial charge in [-0.15, -0.1) is 0 Å². The largest absolute Gasteiger partial charge is 0.376 e. The Kier molecular flexibility index (Phi) is 3.40. The Bertz CT molecular complexity index is 617. The van der Waals surface area contributed by atoms with E-state index in [0.717, 1.165) is 12.8 Å². The molecule has 0 saturated carbocycles. The van der Waals surface area contributed by atoms with Crippen molar-refractivity contribution in [3.8, 4) is 0 Å². The van der Waals surface area contributed by atoms with Crippen LogP contribution in [-0.2, 0) is 12.8 Å². The monoisotopic (exact) mass is 290 g/mol. The fraction of sp³-hybridized carbons (Fsp3) is 0.250. The molecule has 3 rings (SSSR count). The predicted octanol–water partition coefficient (Wildman–Crippen LogP) is 3.39. The average molecular weight is 291 g/mol.